The van der Waals surface area contributed by atoms with E-state index in [-0.39, 0.29) is 10.6 Å². The molecule has 0 fully saturated rings. The first kappa shape index (κ1) is 14.3. The second-order valence-corrected chi connectivity index (χ2v) is 6.18. The van der Waals surface area contributed by atoms with Crippen LogP contribution in [0.5, 0.6) is 0 Å². The number of carboxylic acid groups (broad SMARTS) is 1. The second-order valence-electron chi connectivity index (χ2n) is 3.89. The lowest BCUT2D eigenvalue weighted by atomic mass is 10.2. The molecule has 2 heterocycles. The van der Waals surface area contributed by atoms with Gasteiger partial charge >= 0.3 is 5.97 Å². The highest BCUT2D eigenvalue weighted by Gasteiger charge is 2.16. The van der Waals surface area contributed by atoms with Crippen LogP contribution in [0.4, 0.5) is 5.82 Å². The van der Waals surface area contributed by atoms with Crippen LogP contribution in [-0.4, -0.2) is 23.1 Å². The van der Waals surface area contributed by atoms with Gasteiger partial charge in [0.2, 0.25) is 0 Å². The number of aromatic carboxylic acids is 1. The first-order chi connectivity index (χ1) is 8.99. The molecular weight excluding hydrogens is 352 g/mol. The van der Waals surface area contributed by atoms with E-state index in [1.54, 1.807) is 11.3 Å². The van der Waals surface area contributed by atoms with Crippen LogP contribution in [0.1, 0.15) is 15.2 Å². The highest BCUT2D eigenvalue weighted by molar-refractivity contribution is 9.10. The zero-order valence-corrected chi connectivity index (χ0v) is 13.1. The Kier molecular flexibility index (Phi) is 4.44. The van der Waals surface area contributed by atoms with Crippen molar-refractivity contribution in [1.82, 2.24) is 4.98 Å². The predicted octanol–water partition coefficient (Wildman–Crippen LogP) is 3.89. The minimum absolute atomic E-state index is 0.0610. The maximum Gasteiger partial charge on any atom is 0.337 e. The van der Waals surface area contributed by atoms with Gasteiger partial charge in [0.1, 0.15) is 5.82 Å². The molecule has 7 heteroatoms. The van der Waals surface area contributed by atoms with Crippen molar-refractivity contribution in [1.29, 1.82) is 0 Å². The molecule has 1 N–H and O–H groups in total. The molecule has 2 rings (SSSR count). The first-order valence-electron chi connectivity index (χ1n) is 5.31. The van der Waals surface area contributed by atoms with E-state index in [4.69, 9.17) is 16.7 Å². The van der Waals surface area contributed by atoms with Gasteiger partial charge in [-0.15, -0.1) is 11.3 Å². The molecule has 0 saturated carbocycles. The molecule has 19 heavy (non-hydrogen) atoms. The topological polar surface area (TPSA) is 53.4 Å². The summed E-state index contributed by atoms with van der Waals surface area (Å²) in [7, 11) is 1.83. The summed E-state index contributed by atoms with van der Waals surface area (Å²) in [6, 6.07) is 3.40. The maximum absolute atomic E-state index is 11.0. The van der Waals surface area contributed by atoms with Crippen molar-refractivity contribution in [3.8, 4) is 0 Å². The van der Waals surface area contributed by atoms with Crippen LogP contribution in [0, 0.1) is 0 Å². The number of carboxylic acids is 1. The van der Waals surface area contributed by atoms with E-state index in [0.717, 1.165) is 9.35 Å². The van der Waals surface area contributed by atoms with Gasteiger partial charge in [-0.25, -0.2) is 9.78 Å². The summed E-state index contributed by atoms with van der Waals surface area (Å²) >= 11 is 11.1. The normalized spacial score (nSPS) is 10.5. The van der Waals surface area contributed by atoms with Crippen molar-refractivity contribution >= 4 is 50.7 Å². The fourth-order valence-electron chi connectivity index (χ4n) is 1.61. The summed E-state index contributed by atoms with van der Waals surface area (Å²) in [6.07, 6.45) is 1.45. The Balaban J connectivity index is 2.26. The van der Waals surface area contributed by atoms with E-state index < -0.39 is 5.97 Å². The lowest BCUT2D eigenvalue weighted by Crippen LogP contribution is -2.18. The van der Waals surface area contributed by atoms with Crippen LogP contribution >= 0.6 is 38.9 Å². The molecule has 2 aromatic rings. The fraction of sp³-hybridized carbons (Fsp3) is 0.167. The number of anilines is 1. The number of nitrogens with zero attached hydrogens (tertiary/aromatic N) is 2. The van der Waals surface area contributed by atoms with E-state index in [1.165, 1.54) is 12.3 Å². The molecule has 0 bridgehead atoms. The van der Waals surface area contributed by atoms with Crippen molar-refractivity contribution in [3.05, 3.63) is 43.6 Å². The van der Waals surface area contributed by atoms with Crippen LogP contribution < -0.4 is 4.90 Å². The van der Waals surface area contributed by atoms with Crippen molar-refractivity contribution < 1.29 is 9.90 Å². The van der Waals surface area contributed by atoms with Gasteiger partial charge in [0, 0.05) is 28.0 Å². The number of hydrogen-bond acceptors (Lipinski definition) is 4. The molecule has 0 spiro atoms. The number of halogens is 2. The summed E-state index contributed by atoms with van der Waals surface area (Å²) in [6.45, 7) is 0.617. The zero-order valence-electron chi connectivity index (χ0n) is 9.93. The minimum Gasteiger partial charge on any atom is -0.478 e. The average molecular weight is 362 g/mol. The minimum atomic E-state index is -1.05. The Morgan fingerprint density at radius 3 is 2.95 bits per heavy atom. The molecule has 2 aromatic heterocycles. The monoisotopic (exact) mass is 360 g/mol. The van der Waals surface area contributed by atoms with Gasteiger partial charge in [0.15, 0.2) is 0 Å². The van der Waals surface area contributed by atoms with Gasteiger partial charge in [-0.05, 0) is 28.1 Å². The smallest absolute Gasteiger partial charge is 0.337 e. The zero-order chi connectivity index (χ0) is 14.0. The summed E-state index contributed by atoms with van der Waals surface area (Å²) < 4.78 is 1.03. The Bertz CT molecular complexity index is 618. The molecule has 0 aliphatic carbocycles. The van der Waals surface area contributed by atoms with E-state index in [9.17, 15) is 4.79 Å². The molecule has 4 nitrogen and oxygen atoms in total. The van der Waals surface area contributed by atoms with Crippen LogP contribution in [0.15, 0.2) is 28.2 Å². The summed E-state index contributed by atoms with van der Waals surface area (Å²) in [4.78, 5) is 18.1. The maximum atomic E-state index is 11.0. The lowest BCUT2D eigenvalue weighted by Gasteiger charge is -2.19. The molecule has 0 unspecified atom stereocenters. The molecular formula is C12H10BrClN2O2S. The highest BCUT2D eigenvalue weighted by Crippen LogP contribution is 2.28. The second kappa shape index (κ2) is 5.90. The molecule has 0 atom stereocenters. The first-order valence-corrected chi connectivity index (χ1v) is 7.36. The summed E-state index contributed by atoms with van der Waals surface area (Å²) in [5.41, 5.74) is 0.0610. The average Bonchev–Trinajstić information content (AvgIpc) is 2.74. The third kappa shape index (κ3) is 3.26. The lowest BCUT2D eigenvalue weighted by molar-refractivity contribution is 0.0697. The Morgan fingerprint density at radius 1 is 1.63 bits per heavy atom. The summed E-state index contributed by atoms with van der Waals surface area (Å²) in [5, 5.41) is 11.2. The van der Waals surface area contributed by atoms with Gasteiger partial charge in [-0.1, -0.05) is 11.6 Å². The van der Waals surface area contributed by atoms with E-state index >= 15 is 0 Å². The largest absolute Gasteiger partial charge is 0.478 e. The van der Waals surface area contributed by atoms with Gasteiger partial charge < -0.3 is 10.0 Å². The van der Waals surface area contributed by atoms with Gasteiger partial charge in [0.25, 0.3) is 0 Å². The molecule has 0 radical (unpaired) electrons. The van der Waals surface area contributed by atoms with Crippen molar-refractivity contribution in [2.45, 2.75) is 6.54 Å². The molecule has 0 aromatic carbocycles. The summed E-state index contributed by atoms with van der Waals surface area (Å²) in [5.74, 6) is -0.591. The number of aromatic nitrogens is 1. The third-order valence-corrected chi connectivity index (χ3v) is 4.53. The Morgan fingerprint density at radius 2 is 2.37 bits per heavy atom. The van der Waals surface area contributed by atoms with E-state index in [0.29, 0.717) is 12.4 Å². The molecule has 100 valence electrons. The quantitative estimate of drug-likeness (QED) is 0.897. The highest BCUT2D eigenvalue weighted by atomic mass is 79.9. The fourth-order valence-corrected chi connectivity index (χ4v) is 3.45. The van der Waals surface area contributed by atoms with Crippen molar-refractivity contribution in [2.24, 2.45) is 0 Å². The van der Waals surface area contributed by atoms with Gasteiger partial charge in [-0.3, -0.25) is 0 Å². The third-order valence-electron chi connectivity index (χ3n) is 2.48. The molecule has 0 amide bonds. The van der Waals surface area contributed by atoms with E-state index in [2.05, 4.69) is 20.9 Å². The standard InChI is InChI=1S/C12H10BrClN2O2S/c1-16(5-8-4-7(13)6-19-8)11-10(14)9(12(17)18)2-3-15-11/h2-4,6H,5H2,1H3,(H,17,18). The van der Waals surface area contributed by atoms with Crippen LogP contribution in [-0.2, 0) is 6.54 Å². The number of thiophene rings is 1. The molecule has 0 aliphatic rings. The number of carbonyl (C=O) groups is 1. The molecule has 0 saturated heterocycles. The predicted molar refractivity (Wildman–Crippen MR) is 80.3 cm³/mol. The van der Waals surface area contributed by atoms with Crippen LogP contribution in [0.2, 0.25) is 5.02 Å². The van der Waals surface area contributed by atoms with Crippen LogP contribution in [0.25, 0.3) is 0 Å². The van der Waals surface area contributed by atoms with Gasteiger partial charge in [0.05, 0.1) is 17.1 Å². The SMILES string of the molecule is CN(Cc1cc(Br)cs1)c1nccc(C(=O)O)c1Cl. The number of hydrogen-bond donors (Lipinski definition) is 1. The Labute approximate surface area is 127 Å². The van der Waals surface area contributed by atoms with Gasteiger partial charge in [-0.2, -0.15) is 0 Å². The number of pyridine rings is 1. The Hall–Kier alpha value is -1.11. The van der Waals surface area contributed by atoms with Crippen molar-refractivity contribution in [2.75, 3.05) is 11.9 Å². The molecule has 0 aliphatic heterocycles. The van der Waals surface area contributed by atoms with Crippen molar-refractivity contribution in [3.63, 3.8) is 0 Å². The van der Waals surface area contributed by atoms with Crippen LogP contribution in [0.3, 0.4) is 0 Å². The van der Waals surface area contributed by atoms with E-state index in [1.807, 2.05) is 23.4 Å². The number of rotatable bonds is 4.